The third-order valence-electron chi connectivity index (χ3n) is 10.4. The van der Waals surface area contributed by atoms with Crippen molar-refractivity contribution in [2.24, 2.45) is 11.7 Å². The molecule has 20 nitrogen and oxygen atoms in total. The number of hydrogen-bond acceptors (Lipinski definition) is 16. The van der Waals surface area contributed by atoms with Gasteiger partial charge in [0.1, 0.15) is 17.2 Å². The molecule has 6 N–H and O–H groups in total. The van der Waals surface area contributed by atoms with Gasteiger partial charge in [-0.05, 0) is 116 Å². The summed E-state index contributed by atoms with van der Waals surface area (Å²) in [5, 5.41) is 11.2. The van der Waals surface area contributed by atoms with Gasteiger partial charge in [-0.15, -0.1) is 0 Å². The number of amides is 4. The van der Waals surface area contributed by atoms with Crippen LogP contribution in [0.25, 0.3) is 0 Å². The summed E-state index contributed by atoms with van der Waals surface area (Å²) in [5.41, 5.74) is 7.29. The fraction of sp³-hybridized carbons (Fsp3) is 0.796. The van der Waals surface area contributed by atoms with Gasteiger partial charge in [0.25, 0.3) is 0 Å². The van der Waals surface area contributed by atoms with E-state index in [0.717, 1.165) is 19.3 Å². The zero-order valence-corrected chi connectivity index (χ0v) is 46.5. The molecule has 0 radical (unpaired) electrons. The Hall–Kier alpha value is -3.99. The summed E-state index contributed by atoms with van der Waals surface area (Å²) in [5.74, 6) is -0.398. The Morgan fingerprint density at radius 3 is 1.42 bits per heavy atom. The van der Waals surface area contributed by atoms with Crippen LogP contribution in [-0.2, 0) is 79.4 Å². The lowest BCUT2D eigenvalue weighted by Crippen LogP contribution is -2.44. The summed E-state index contributed by atoms with van der Waals surface area (Å²) < 4.78 is 54.9. The smallest absolute Gasteiger partial charge is 0.407 e. The molecule has 2 atom stereocenters. The minimum Gasteiger partial charge on any atom is -0.458 e. The van der Waals surface area contributed by atoms with Gasteiger partial charge < -0.3 is 74.4 Å². The summed E-state index contributed by atoms with van der Waals surface area (Å²) in [6, 6.07) is 7.23. The van der Waals surface area contributed by atoms with E-state index in [9.17, 15) is 24.0 Å². The van der Waals surface area contributed by atoms with Crippen molar-refractivity contribution in [1.82, 2.24) is 21.3 Å². The van der Waals surface area contributed by atoms with Gasteiger partial charge >= 0.3 is 12.1 Å². The second-order valence-electron chi connectivity index (χ2n) is 20.2. The van der Waals surface area contributed by atoms with E-state index < -0.39 is 35.3 Å². The molecule has 0 aliphatic rings. The first-order valence-electron chi connectivity index (χ1n) is 26.8. The first-order chi connectivity index (χ1) is 35.3. The molecule has 0 heterocycles. The number of rotatable bonds is 46. The Bertz CT molecular complexity index is 1610. The lowest BCUT2D eigenvalue weighted by molar-refractivity contribution is -0.159. The van der Waals surface area contributed by atoms with Gasteiger partial charge in [0.15, 0.2) is 0 Å². The number of unbranched alkanes of at least 4 members (excludes halogenated alkanes) is 2. The van der Waals surface area contributed by atoms with Crippen LogP contribution in [0.1, 0.15) is 124 Å². The molecule has 1 aromatic carbocycles. The third kappa shape index (κ3) is 43.3. The molecule has 0 aliphatic carbocycles. The number of nitrogens with two attached hydrogens (primary N) is 1. The molecule has 0 aliphatic heterocycles. The highest BCUT2D eigenvalue weighted by Crippen LogP contribution is 2.14. The van der Waals surface area contributed by atoms with Gasteiger partial charge in [0.2, 0.25) is 17.7 Å². The summed E-state index contributed by atoms with van der Waals surface area (Å²) in [6.45, 7) is 22.7. The molecule has 1 rings (SSSR count). The molecule has 0 saturated heterocycles. The van der Waals surface area contributed by atoms with Crippen LogP contribution in [0.5, 0.6) is 0 Å². The first-order valence-corrected chi connectivity index (χ1v) is 26.8. The molecule has 0 fully saturated rings. The summed E-state index contributed by atoms with van der Waals surface area (Å²) in [6.07, 6.45) is 6.36. The predicted octanol–water partition coefficient (Wildman–Crippen LogP) is 4.98. The van der Waals surface area contributed by atoms with Crippen LogP contribution in [0.2, 0.25) is 0 Å². The quantitative estimate of drug-likeness (QED) is 0.0427. The third-order valence-corrected chi connectivity index (χ3v) is 10.4. The number of carbonyl (C=O) groups is 5. The van der Waals surface area contributed by atoms with E-state index in [1.54, 1.807) is 41.5 Å². The number of hydrogen-bond donors (Lipinski definition) is 5. The van der Waals surface area contributed by atoms with Crippen LogP contribution in [-0.4, -0.2) is 178 Å². The fourth-order valence-electron chi connectivity index (χ4n) is 6.75. The molecule has 0 bridgehead atoms. The monoisotopic (exact) mass is 1060 g/mol. The molecular weight excluding hydrogens is 959 g/mol. The van der Waals surface area contributed by atoms with Crippen LogP contribution in [0.3, 0.4) is 0 Å². The van der Waals surface area contributed by atoms with E-state index in [4.69, 9.17) is 53.1 Å². The van der Waals surface area contributed by atoms with Gasteiger partial charge in [0.05, 0.1) is 112 Å². The molecule has 20 heteroatoms. The van der Waals surface area contributed by atoms with E-state index in [-0.39, 0.29) is 30.7 Å². The topological polar surface area (TPSA) is 252 Å². The highest BCUT2D eigenvalue weighted by molar-refractivity contribution is 5.84. The van der Waals surface area contributed by atoms with Crippen molar-refractivity contribution in [2.75, 3.05) is 125 Å². The fourth-order valence-corrected chi connectivity index (χ4v) is 6.75. The van der Waals surface area contributed by atoms with Crippen molar-refractivity contribution < 1.29 is 71.3 Å². The lowest BCUT2D eigenvalue weighted by atomic mass is 10.00. The zero-order valence-electron chi connectivity index (χ0n) is 46.5. The van der Waals surface area contributed by atoms with Crippen molar-refractivity contribution >= 4 is 29.8 Å². The highest BCUT2D eigenvalue weighted by Gasteiger charge is 2.26. The van der Waals surface area contributed by atoms with E-state index >= 15 is 0 Å². The van der Waals surface area contributed by atoms with E-state index in [0.29, 0.717) is 170 Å². The maximum atomic E-state index is 12.9. The molecule has 74 heavy (non-hydrogen) atoms. The summed E-state index contributed by atoms with van der Waals surface area (Å²) >= 11 is 0. The van der Waals surface area contributed by atoms with Crippen molar-refractivity contribution in [3.05, 3.63) is 35.4 Å². The molecule has 0 saturated carbocycles. The average molecular weight is 1060 g/mol. The predicted molar refractivity (Wildman–Crippen MR) is 283 cm³/mol. The minimum absolute atomic E-state index is 0.0111. The van der Waals surface area contributed by atoms with E-state index in [1.165, 1.54) is 11.1 Å². The Labute approximate surface area is 442 Å². The average Bonchev–Trinajstić information content (AvgIpc) is 3.32. The normalized spacial score (nSPS) is 12.6. The number of benzene rings is 1. The molecular formula is C54H97N5O15. The standard InChI is InChI=1S/C54H97N5O15/c1-43(2)42-45-20-18-44(19-21-45)14-13-17-48(60)56-23-12-10-16-47(51(63)73-53(3,4)5)59-49(61)22-26-65-28-30-67-32-34-69-36-38-71-40-41-72-39-37-70-35-33-68-31-29-66-27-25-57-50(62)46(55)15-9-11-24-58-52(64)74-54(6,7)8/h18-21,43,46-47H,9-17,22-42,55H2,1-8H3,(H,56,60)(H,57,62)(H,58,64)(H,59,61). The summed E-state index contributed by atoms with van der Waals surface area (Å²) in [4.78, 5) is 61.9. The number of alkyl carbamates (subject to hydrolysis) is 1. The van der Waals surface area contributed by atoms with Gasteiger partial charge in [-0.1, -0.05) is 38.1 Å². The molecule has 1 aromatic rings. The molecule has 2 unspecified atom stereocenters. The minimum atomic E-state index is -0.796. The number of ether oxygens (including phenoxy) is 10. The van der Waals surface area contributed by atoms with Gasteiger partial charge in [0, 0.05) is 32.5 Å². The van der Waals surface area contributed by atoms with Crippen molar-refractivity contribution in [2.45, 2.75) is 149 Å². The van der Waals surface area contributed by atoms with Crippen molar-refractivity contribution in [1.29, 1.82) is 0 Å². The number of aryl methyl sites for hydroxylation is 1. The van der Waals surface area contributed by atoms with E-state index in [1.807, 2.05) is 0 Å². The van der Waals surface area contributed by atoms with Gasteiger partial charge in [-0.3, -0.25) is 14.4 Å². The largest absolute Gasteiger partial charge is 0.458 e. The Morgan fingerprint density at radius 1 is 0.486 bits per heavy atom. The Balaban J connectivity index is 1.93. The van der Waals surface area contributed by atoms with Gasteiger partial charge in [-0.25, -0.2) is 9.59 Å². The Kier molecular flexibility index (Phi) is 39.7. The molecule has 4 amide bonds. The maximum absolute atomic E-state index is 12.9. The zero-order chi connectivity index (χ0) is 54.7. The molecule has 428 valence electrons. The van der Waals surface area contributed by atoms with Crippen LogP contribution in [0.4, 0.5) is 4.79 Å². The second kappa shape index (κ2) is 43.1. The van der Waals surface area contributed by atoms with Crippen LogP contribution in [0.15, 0.2) is 24.3 Å². The lowest BCUT2D eigenvalue weighted by Gasteiger charge is -2.24. The Morgan fingerprint density at radius 2 is 0.932 bits per heavy atom. The van der Waals surface area contributed by atoms with Crippen LogP contribution >= 0.6 is 0 Å². The van der Waals surface area contributed by atoms with Crippen molar-refractivity contribution in [3.63, 3.8) is 0 Å². The molecule has 0 spiro atoms. The SMILES string of the molecule is CC(C)Cc1ccc(CCCC(=O)NCCCCC(NC(=O)CCOCCOCCOCCOCCOCCOCCOCCOCCNC(=O)C(N)CCCCNC(=O)OC(C)(C)C)C(=O)OC(C)(C)C)cc1. The van der Waals surface area contributed by atoms with E-state index in [2.05, 4.69) is 59.4 Å². The second-order valence-corrected chi connectivity index (χ2v) is 20.2. The van der Waals surface area contributed by atoms with Crippen LogP contribution < -0.4 is 27.0 Å². The molecule has 0 aromatic heterocycles. The number of esters is 1. The number of carbonyl (C=O) groups excluding carboxylic acids is 5. The first kappa shape index (κ1) is 68.0. The number of nitrogens with one attached hydrogen (secondary N) is 4. The summed E-state index contributed by atoms with van der Waals surface area (Å²) in [7, 11) is 0. The van der Waals surface area contributed by atoms with Crippen molar-refractivity contribution in [3.8, 4) is 0 Å². The highest BCUT2D eigenvalue weighted by atomic mass is 16.6. The van der Waals surface area contributed by atoms with Gasteiger partial charge in [-0.2, -0.15) is 0 Å². The van der Waals surface area contributed by atoms with Crippen LogP contribution in [0, 0.1) is 5.92 Å². The maximum Gasteiger partial charge on any atom is 0.407 e.